The lowest BCUT2D eigenvalue weighted by atomic mass is 9.99. The molecule has 0 fully saturated rings. The molecule has 0 saturated heterocycles. The first-order chi connectivity index (χ1) is 16.4. The lowest BCUT2D eigenvalue weighted by Crippen LogP contribution is -2.29. The van der Waals surface area contributed by atoms with E-state index in [1.807, 2.05) is 0 Å². The Hall–Kier alpha value is -3.83. The SMILES string of the molecule is CCO[C@H](CC/C=C/C(=O)NO)[C@H](OC(=O)Nc1ccc2c(c1)OCO2)c1ccc(O)c(F)c1. The van der Waals surface area contributed by atoms with Crippen LogP contribution in [0.1, 0.15) is 31.4 Å². The Balaban J connectivity index is 1.78. The van der Waals surface area contributed by atoms with E-state index in [0.29, 0.717) is 30.0 Å². The fourth-order valence-corrected chi connectivity index (χ4v) is 3.32. The van der Waals surface area contributed by atoms with Gasteiger partial charge in [0.2, 0.25) is 6.79 Å². The van der Waals surface area contributed by atoms with Crippen LogP contribution in [0.5, 0.6) is 17.2 Å². The number of hydrogen-bond acceptors (Lipinski definition) is 8. The number of benzene rings is 2. The molecule has 0 unspecified atom stereocenters. The van der Waals surface area contributed by atoms with Crippen LogP contribution in [0, 0.1) is 5.82 Å². The number of phenols is 1. The molecular weight excluding hydrogens is 451 g/mol. The molecule has 2 aromatic carbocycles. The van der Waals surface area contributed by atoms with E-state index in [1.165, 1.54) is 17.6 Å². The summed E-state index contributed by atoms with van der Waals surface area (Å²) in [6.45, 7) is 2.11. The first-order valence-corrected chi connectivity index (χ1v) is 10.5. The molecule has 0 bridgehead atoms. The van der Waals surface area contributed by atoms with Gasteiger partial charge in [-0.3, -0.25) is 15.3 Å². The molecule has 2 atom stereocenters. The van der Waals surface area contributed by atoms with Crippen molar-refractivity contribution >= 4 is 17.7 Å². The normalized spacial score (nSPS) is 14.0. The van der Waals surface area contributed by atoms with Crippen molar-refractivity contribution in [1.29, 1.82) is 0 Å². The van der Waals surface area contributed by atoms with E-state index in [9.17, 15) is 19.1 Å². The standard InChI is InChI=1S/C23H25FN2O8/c1-2-31-19(5-3-4-6-21(28)26-30)22(14-7-9-17(27)16(24)11-14)34-23(29)25-15-8-10-18-20(12-15)33-13-32-18/h4,6-12,19,22,27,30H,2-3,5,13H2,1H3,(H,25,29)(H,26,28)/b6-4+/t19-,22-/m1/s1. The lowest BCUT2D eigenvalue weighted by Gasteiger charge is -2.27. The molecule has 11 heteroatoms. The fraction of sp³-hybridized carbons (Fsp3) is 0.304. The second kappa shape index (κ2) is 11.9. The van der Waals surface area contributed by atoms with Crippen molar-refractivity contribution in [3.05, 3.63) is 59.9 Å². The molecule has 0 spiro atoms. The van der Waals surface area contributed by atoms with Crippen LogP contribution in [-0.2, 0) is 14.3 Å². The molecule has 0 aliphatic carbocycles. The first-order valence-electron chi connectivity index (χ1n) is 10.5. The van der Waals surface area contributed by atoms with Crippen molar-refractivity contribution in [1.82, 2.24) is 5.48 Å². The number of fused-ring (bicyclic) bond motifs is 1. The number of rotatable bonds is 10. The number of anilines is 1. The highest BCUT2D eigenvalue weighted by atomic mass is 19.1. The quantitative estimate of drug-likeness (QED) is 0.231. The van der Waals surface area contributed by atoms with Gasteiger partial charge in [0.25, 0.3) is 5.91 Å². The van der Waals surface area contributed by atoms with Gasteiger partial charge in [-0.25, -0.2) is 14.7 Å². The van der Waals surface area contributed by atoms with Gasteiger partial charge in [0, 0.05) is 24.4 Å². The molecule has 182 valence electrons. The summed E-state index contributed by atoms with van der Waals surface area (Å²) < 4.78 is 36.0. The highest BCUT2D eigenvalue weighted by molar-refractivity contribution is 5.86. The Morgan fingerprint density at radius 2 is 2.00 bits per heavy atom. The molecule has 1 heterocycles. The minimum atomic E-state index is -1.04. The van der Waals surface area contributed by atoms with Crippen molar-refractivity contribution in [3.8, 4) is 17.2 Å². The fourth-order valence-electron chi connectivity index (χ4n) is 3.32. The van der Waals surface area contributed by atoms with Crippen LogP contribution in [0.3, 0.4) is 0 Å². The minimum absolute atomic E-state index is 0.0855. The molecule has 1 aliphatic heterocycles. The Morgan fingerprint density at radius 1 is 1.21 bits per heavy atom. The Bertz CT molecular complexity index is 1050. The van der Waals surface area contributed by atoms with Gasteiger partial charge in [-0.1, -0.05) is 12.1 Å². The predicted octanol–water partition coefficient (Wildman–Crippen LogP) is 3.80. The number of hydroxylamine groups is 1. The summed E-state index contributed by atoms with van der Waals surface area (Å²) in [6.07, 6.45) is 0.722. The third kappa shape index (κ3) is 6.59. The zero-order valence-electron chi connectivity index (χ0n) is 18.3. The van der Waals surface area contributed by atoms with Gasteiger partial charge in [-0.2, -0.15) is 0 Å². The van der Waals surface area contributed by atoms with Crippen molar-refractivity contribution in [2.45, 2.75) is 32.0 Å². The van der Waals surface area contributed by atoms with Gasteiger partial charge >= 0.3 is 6.09 Å². The summed E-state index contributed by atoms with van der Waals surface area (Å²) in [7, 11) is 0. The summed E-state index contributed by atoms with van der Waals surface area (Å²) >= 11 is 0. The van der Waals surface area contributed by atoms with E-state index in [-0.39, 0.29) is 19.0 Å². The van der Waals surface area contributed by atoms with Crippen LogP contribution in [0.2, 0.25) is 0 Å². The monoisotopic (exact) mass is 476 g/mol. The van der Waals surface area contributed by atoms with E-state index < -0.39 is 35.8 Å². The maximum absolute atomic E-state index is 14.1. The number of carbonyl (C=O) groups excluding carboxylic acids is 2. The zero-order chi connectivity index (χ0) is 24.5. The average Bonchev–Trinajstić information content (AvgIpc) is 3.29. The second-order valence-corrected chi connectivity index (χ2v) is 7.18. The van der Waals surface area contributed by atoms with Crippen molar-refractivity contribution in [2.24, 2.45) is 0 Å². The molecule has 0 radical (unpaired) electrons. The van der Waals surface area contributed by atoms with Crippen LogP contribution in [-0.4, -0.2) is 41.8 Å². The molecule has 4 N–H and O–H groups in total. The largest absolute Gasteiger partial charge is 0.505 e. The number of phenolic OH excluding ortho intramolecular Hbond substituents is 1. The van der Waals surface area contributed by atoms with Gasteiger partial charge in [0.1, 0.15) is 0 Å². The zero-order valence-corrected chi connectivity index (χ0v) is 18.3. The van der Waals surface area contributed by atoms with Gasteiger partial charge < -0.3 is 24.1 Å². The summed E-state index contributed by atoms with van der Waals surface area (Å²) in [4.78, 5) is 23.9. The summed E-state index contributed by atoms with van der Waals surface area (Å²) in [5.74, 6) is -1.09. The van der Waals surface area contributed by atoms with Gasteiger partial charge in [0.05, 0.1) is 6.10 Å². The topological polar surface area (TPSA) is 136 Å². The summed E-state index contributed by atoms with van der Waals surface area (Å²) in [5.41, 5.74) is 2.16. The second-order valence-electron chi connectivity index (χ2n) is 7.18. The molecule has 0 saturated carbocycles. The summed E-state index contributed by atoms with van der Waals surface area (Å²) in [6, 6.07) is 8.48. The van der Waals surface area contributed by atoms with Crippen LogP contribution in [0.15, 0.2) is 48.6 Å². The number of amides is 2. The molecule has 2 aromatic rings. The molecule has 34 heavy (non-hydrogen) atoms. The smallest absolute Gasteiger partial charge is 0.412 e. The number of aromatic hydroxyl groups is 1. The van der Waals surface area contributed by atoms with E-state index >= 15 is 0 Å². The van der Waals surface area contributed by atoms with Gasteiger partial charge in [-0.15, -0.1) is 0 Å². The maximum atomic E-state index is 14.1. The number of ether oxygens (including phenoxy) is 4. The number of nitrogens with one attached hydrogen (secondary N) is 2. The third-order valence-electron chi connectivity index (χ3n) is 4.87. The Morgan fingerprint density at radius 3 is 2.74 bits per heavy atom. The van der Waals surface area contributed by atoms with E-state index in [2.05, 4.69) is 5.32 Å². The molecule has 10 nitrogen and oxygen atoms in total. The first kappa shape index (κ1) is 24.8. The number of hydrogen-bond donors (Lipinski definition) is 4. The highest BCUT2D eigenvalue weighted by Gasteiger charge is 2.28. The van der Waals surface area contributed by atoms with Gasteiger partial charge in [-0.05, 0) is 49.6 Å². The minimum Gasteiger partial charge on any atom is -0.505 e. The number of allylic oxidation sites excluding steroid dienone is 1. The van der Waals surface area contributed by atoms with Crippen molar-refractivity contribution < 1.29 is 43.2 Å². The third-order valence-corrected chi connectivity index (χ3v) is 4.87. The molecular formula is C23H25FN2O8. The number of halogens is 1. The molecule has 2 amide bonds. The molecule has 1 aliphatic rings. The van der Waals surface area contributed by atoms with Crippen LogP contribution in [0.25, 0.3) is 0 Å². The maximum Gasteiger partial charge on any atom is 0.412 e. The van der Waals surface area contributed by atoms with Crippen molar-refractivity contribution in [3.63, 3.8) is 0 Å². The molecule has 3 rings (SSSR count). The van der Waals surface area contributed by atoms with Crippen LogP contribution in [0.4, 0.5) is 14.9 Å². The van der Waals surface area contributed by atoms with Crippen LogP contribution < -0.4 is 20.3 Å². The van der Waals surface area contributed by atoms with Gasteiger partial charge in [0.15, 0.2) is 29.2 Å². The Labute approximate surface area is 194 Å². The summed E-state index contributed by atoms with van der Waals surface area (Å²) in [5, 5.41) is 20.7. The Kier molecular flexibility index (Phi) is 8.66. The lowest BCUT2D eigenvalue weighted by molar-refractivity contribution is -0.124. The van der Waals surface area contributed by atoms with E-state index in [4.69, 9.17) is 24.2 Å². The average molecular weight is 476 g/mol. The van der Waals surface area contributed by atoms with Crippen molar-refractivity contribution in [2.75, 3.05) is 18.7 Å². The van der Waals surface area contributed by atoms with E-state index in [0.717, 1.165) is 18.2 Å². The molecule has 0 aromatic heterocycles. The number of carbonyl (C=O) groups is 2. The van der Waals surface area contributed by atoms with E-state index in [1.54, 1.807) is 25.1 Å². The predicted molar refractivity (Wildman–Crippen MR) is 117 cm³/mol. The highest BCUT2D eigenvalue weighted by Crippen LogP contribution is 2.35. The van der Waals surface area contributed by atoms with Crippen LogP contribution >= 0.6 is 0 Å².